The van der Waals surface area contributed by atoms with Crippen molar-refractivity contribution in [2.45, 2.75) is 19.4 Å². The molecule has 2 rings (SSSR count). The minimum absolute atomic E-state index is 0.147. The highest BCUT2D eigenvalue weighted by atomic mass is 19.1. The number of aromatic nitrogens is 3. The normalized spacial score (nSPS) is 12.2. The van der Waals surface area contributed by atoms with E-state index in [9.17, 15) is 13.6 Å². The van der Waals surface area contributed by atoms with Crippen LogP contribution in [0, 0.1) is 11.6 Å². The van der Waals surface area contributed by atoms with E-state index in [4.69, 9.17) is 0 Å². The number of rotatable bonds is 4. The third kappa shape index (κ3) is 3.17. The quantitative estimate of drug-likeness (QED) is 0.923. The number of amides is 1. The van der Waals surface area contributed by atoms with E-state index < -0.39 is 11.6 Å². The van der Waals surface area contributed by atoms with Crippen molar-refractivity contribution in [2.75, 3.05) is 0 Å². The van der Waals surface area contributed by atoms with Gasteiger partial charge in [0.15, 0.2) is 5.82 Å². The van der Waals surface area contributed by atoms with E-state index in [1.54, 1.807) is 18.5 Å². The van der Waals surface area contributed by atoms with Crippen molar-refractivity contribution in [2.24, 2.45) is 7.05 Å². The smallest absolute Gasteiger partial charge is 0.225 e. The fourth-order valence-corrected chi connectivity index (χ4v) is 1.88. The lowest BCUT2D eigenvalue weighted by Crippen LogP contribution is -2.30. The van der Waals surface area contributed by atoms with Gasteiger partial charge in [-0.1, -0.05) is 6.07 Å². The number of aryl methyl sites for hydroxylation is 1. The van der Waals surface area contributed by atoms with E-state index in [0.717, 1.165) is 12.1 Å². The van der Waals surface area contributed by atoms with Crippen molar-refractivity contribution >= 4 is 5.91 Å². The summed E-state index contributed by atoms with van der Waals surface area (Å²) >= 11 is 0. The highest BCUT2D eigenvalue weighted by Gasteiger charge is 2.15. The third-order valence-corrected chi connectivity index (χ3v) is 2.88. The Morgan fingerprint density at radius 3 is 2.80 bits per heavy atom. The molecule has 1 amide bonds. The summed E-state index contributed by atoms with van der Waals surface area (Å²) in [5.74, 6) is -1.17. The van der Waals surface area contributed by atoms with Crippen LogP contribution < -0.4 is 5.32 Å². The first-order chi connectivity index (χ1) is 9.47. The van der Waals surface area contributed by atoms with Crippen molar-refractivity contribution in [3.8, 4) is 0 Å². The summed E-state index contributed by atoms with van der Waals surface area (Å²) in [5, 5.41) is 10.3. The topological polar surface area (TPSA) is 59.8 Å². The van der Waals surface area contributed by atoms with E-state index in [-0.39, 0.29) is 23.9 Å². The summed E-state index contributed by atoms with van der Waals surface area (Å²) < 4.78 is 27.9. The fourth-order valence-electron chi connectivity index (χ4n) is 1.88. The van der Waals surface area contributed by atoms with Crippen molar-refractivity contribution in [3.05, 3.63) is 47.5 Å². The molecule has 0 fully saturated rings. The molecule has 0 saturated heterocycles. The third-order valence-electron chi connectivity index (χ3n) is 2.88. The first kappa shape index (κ1) is 14.1. The predicted octanol–water partition coefficient (Wildman–Crippen LogP) is 1.51. The summed E-state index contributed by atoms with van der Waals surface area (Å²) in [4.78, 5) is 11.8. The molecule has 0 aliphatic rings. The lowest BCUT2D eigenvalue weighted by molar-refractivity contribution is -0.121. The predicted molar refractivity (Wildman–Crippen MR) is 67.6 cm³/mol. The van der Waals surface area contributed by atoms with E-state index in [2.05, 4.69) is 15.5 Å². The zero-order valence-corrected chi connectivity index (χ0v) is 11.1. The van der Waals surface area contributed by atoms with Crippen molar-refractivity contribution in [3.63, 3.8) is 0 Å². The minimum Gasteiger partial charge on any atom is -0.346 e. The molecule has 1 aromatic heterocycles. The molecule has 0 aliphatic carbocycles. The van der Waals surface area contributed by atoms with Gasteiger partial charge in [-0.05, 0) is 18.6 Å². The summed E-state index contributed by atoms with van der Waals surface area (Å²) in [6.45, 7) is 1.75. The van der Waals surface area contributed by atoms with Gasteiger partial charge in [-0.3, -0.25) is 4.79 Å². The van der Waals surface area contributed by atoms with Gasteiger partial charge in [0, 0.05) is 13.1 Å². The van der Waals surface area contributed by atoms with Crippen LogP contribution in [-0.4, -0.2) is 20.7 Å². The van der Waals surface area contributed by atoms with Crippen LogP contribution in [-0.2, 0) is 18.3 Å². The van der Waals surface area contributed by atoms with Crippen molar-refractivity contribution < 1.29 is 13.6 Å². The molecule has 20 heavy (non-hydrogen) atoms. The minimum atomic E-state index is -0.730. The lowest BCUT2D eigenvalue weighted by atomic mass is 10.1. The second-order valence-electron chi connectivity index (χ2n) is 4.50. The number of halogens is 2. The Morgan fingerprint density at radius 2 is 2.20 bits per heavy atom. The zero-order valence-electron chi connectivity index (χ0n) is 11.1. The van der Waals surface area contributed by atoms with Gasteiger partial charge in [-0.2, -0.15) is 0 Å². The van der Waals surface area contributed by atoms with Crippen LogP contribution in [0.2, 0.25) is 0 Å². The Balaban J connectivity index is 2.01. The lowest BCUT2D eigenvalue weighted by Gasteiger charge is -2.13. The van der Waals surface area contributed by atoms with Gasteiger partial charge in [0.1, 0.15) is 18.0 Å². The number of hydrogen-bond donors (Lipinski definition) is 1. The molecule has 1 heterocycles. The summed E-state index contributed by atoms with van der Waals surface area (Å²) in [7, 11) is 1.76. The molecule has 106 valence electrons. The van der Waals surface area contributed by atoms with Gasteiger partial charge < -0.3 is 9.88 Å². The average Bonchev–Trinajstić information content (AvgIpc) is 2.79. The standard InChI is InChI=1S/C13H14F2N4O/c1-8(13-18-16-7-19(13)2)17-12(20)5-9-3-4-10(14)6-11(9)15/h3-4,6-8H,5H2,1-2H3,(H,17,20). The van der Waals surface area contributed by atoms with Crippen LogP contribution in [0.4, 0.5) is 8.78 Å². The fraction of sp³-hybridized carbons (Fsp3) is 0.308. The molecule has 0 saturated carbocycles. The molecule has 0 bridgehead atoms. The second kappa shape index (κ2) is 5.77. The summed E-state index contributed by atoms with van der Waals surface area (Å²) in [5.41, 5.74) is 0.147. The van der Waals surface area contributed by atoms with Gasteiger partial charge in [0.2, 0.25) is 5.91 Å². The molecule has 1 atom stereocenters. The maximum absolute atomic E-state index is 13.4. The van der Waals surface area contributed by atoms with Crippen molar-refractivity contribution in [1.29, 1.82) is 0 Å². The Labute approximate surface area is 114 Å². The first-order valence-electron chi connectivity index (χ1n) is 6.04. The van der Waals surface area contributed by atoms with E-state index in [1.807, 2.05) is 0 Å². The molecule has 2 aromatic rings. The number of carbonyl (C=O) groups excluding carboxylic acids is 1. The molecule has 5 nitrogen and oxygen atoms in total. The monoisotopic (exact) mass is 280 g/mol. The van der Waals surface area contributed by atoms with Gasteiger partial charge in [0.05, 0.1) is 12.5 Å². The van der Waals surface area contributed by atoms with E-state index in [1.165, 1.54) is 12.4 Å². The number of nitrogens with zero attached hydrogens (tertiary/aromatic N) is 3. The Hall–Kier alpha value is -2.31. The maximum Gasteiger partial charge on any atom is 0.225 e. The number of nitrogens with one attached hydrogen (secondary N) is 1. The molecule has 0 spiro atoms. The van der Waals surface area contributed by atoms with Crippen LogP contribution in [0.25, 0.3) is 0 Å². The average molecular weight is 280 g/mol. The van der Waals surface area contributed by atoms with Crippen LogP contribution in [0.1, 0.15) is 24.4 Å². The van der Waals surface area contributed by atoms with Gasteiger partial charge in [0.25, 0.3) is 0 Å². The molecular weight excluding hydrogens is 266 g/mol. The molecule has 1 aromatic carbocycles. The Morgan fingerprint density at radius 1 is 1.45 bits per heavy atom. The molecule has 7 heteroatoms. The van der Waals surface area contributed by atoms with E-state index >= 15 is 0 Å². The van der Waals surface area contributed by atoms with Crippen LogP contribution in [0.3, 0.4) is 0 Å². The van der Waals surface area contributed by atoms with Gasteiger partial charge in [-0.15, -0.1) is 10.2 Å². The van der Waals surface area contributed by atoms with Crippen molar-refractivity contribution in [1.82, 2.24) is 20.1 Å². The largest absolute Gasteiger partial charge is 0.346 e. The highest BCUT2D eigenvalue weighted by molar-refractivity contribution is 5.78. The van der Waals surface area contributed by atoms with Gasteiger partial charge in [-0.25, -0.2) is 8.78 Å². The number of hydrogen-bond acceptors (Lipinski definition) is 3. The Bertz CT molecular complexity index is 627. The maximum atomic E-state index is 13.4. The highest BCUT2D eigenvalue weighted by Crippen LogP contribution is 2.12. The number of benzene rings is 1. The first-order valence-corrected chi connectivity index (χ1v) is 6.04. The van der Waals surface area contributed by atoms with E-state index in [0.29, 0.717) is 5.82 Å². The summed E-state index contributed by atoms with van der Waals surface area (Å²) in [6.07, 6.45) is 1.37. The second-order valence-corrected chi connectivity index (χ2v) is 4.50. The summed E-state index contributed by atoms with van der Waals surface area (Å²) in [6, 6.07) is 2.79. The van der Waals surface area contributed by atoms with Gasteiger partial charge >= 0.3 is 0 Å². The number of carbonyl (C=O) groups is 1. The van der Waals surface area contributed by atoms with Crippen LogP contribution >= 0.6 is 0 Å². The molecule has 1 N–H and O–H groups in total. The molecular formula is C13H14F2N4O. The zero-order chi connectivity index (χ0) is 14.7. The van der Waals surface area contributed by atoms with Crippen LogP contribution in [0.15, 0.2) is 24.5 Å². The molecule has 1 unspecified atom stereocenters. The molecule has 0 aliphatic heterocycles. The molecule has 0 radical (unpaired) electrons. The Kier molecular flexibility index (Phi) is 4.07. The van der Waals surface area contributed by atoms with Crippen LogP contribution in [0.5, 0.6) is 0 Å². The SMILES string of the molecule is CC(NC(=O)Cc1ccc(F)cc1F)c1nncn1C.